The van der Waals surface area contributed by atoms with Crippen molar-refractivity contribution >= 4 is 34.5 Å². The smallest absolute Gasteiger partial charge is 0.160 e. The quantitative estimate of drug-likeness (QED) is 0.719. The Balaban J connectivity index is 2.43. The fraction of sp³-hybridized carbons (Fsp3) is 0.286. The van der Waals surface area contributed by atoms with Crippen molar-refractivity contribution in [2.75, 3.05) is 6.54 Å². The number of benzene rings is 1. The van der Waals surface area contributed by atoms with E-state index in [2.05, 4.69) is 5.32 Å². The summed E-state index contributed by atoms with van der Waals surface area (Å²) in [5.74, 6) is -1.85. The van der Waals surface area contributed by atoms with E-state index in [0.717, 1.165) is 30.0 Å². The maximum atomic E-state index is 13.5. The van der Waals surface area contributed by atoms with Gasteiger partial charge < -0.3 is 5.32 Å². The summed E-state index contributed by atoms with van der Waals surface area (Å²) < 4.78 is 27.3. The molecule has 2 rings (SSSR count). The molecule has 0 bridgehead atoms. The lowest BCUT2D eigenvalue weighted by Crippen LogP contribution is -2.23. The second-order valence-corrected chi connectivity index (χ2v) is 6.47. The van der Waals surface area contributed by atoms with Crippen LogP contribution in [0.2, 0.25) is 9.36 Å². The van der Waals surface area contributed by atoms with Crippen molar-refractivity contribution in [2.24, 2.45) is 0 Å². The summed E-state index contributed by atoms with van der Waals surface area (Å²) >= 11 is 13.4. The first-order valence-corrected chi connectivity index (χ1v) is 7.73. The molecule has 0 aliphatic carbocycles. The summed E-state index contributed by atoms with van der Waals surface area (Å²) in [5, 5.41) is 3.48. The van der Waals surface area contributed by atoms with Crippen LogP contribution in [0.15, 0.2) is 24.3 Å². The topological polar surface area (TPSA) is 12.0 Å². The van der Waals surface area contributed by atoms with Gasteiger partial charge in [-0.05, 0) is 42.8 Å². The summed E-state index contributed by atoms with van der Waals surface area (Å²) in [7, 11) is 0. The monoisotopic (exact) mass is 335 g/mol. The van der Waals surface area contributed by atoms with Crippen molar-refractivity contribution in [1.82, 2.24) is 5.32 Å². The molecule has 0 aliphatic heterocycles. The van der Waals surface area contributed by atoms with Crippen LogP contribution in [0.3, 0.4) is 0 Å². The number of hydrogen-bond donors (Lipinski definition) is 1. The molecule has 0 saturated carbocycles. The van der Waals surface area contributed by atoms with Crippen molar-refractivity contribution in [3.63, 3.8) is 0 Å². The van der Waals surface area contributed by atoms with Gasteiger partial charge in [-0.1, -0.05) is 30.1 Å². The normalized spacial score (nSPS) is 12.7. The summed E-state index contributed by atoms with van der Waals surface area (Å²) in [6.45, 7) is 2.76. The minimum Gasteiger partial charge on any atom is -0.306 e. The summed E-state index contributed by atoms with van der Waals surface area (Å²) in [6, 6.07) is 5.48. The highest BCUT2D eigenvalue weighted by Gasteiger charge is 2.20. The molecule has 20 heavy (non-hydrogen) atoms. The molecule has 0 fully saturated rings. The third-order valence-corrected chi connectivity index (χ3v) is 4.45. The largest absolute Gasteiger partial charge is 0.306 e. The Morgan fingerprint density at radius 1 is 1.20 bits per heavy atom. The fourth-order valence-corrected chi connectivity index (χ4v) is 3.31. The van der Waals surface area contributed by atoms with E-state index in [4.69, 9.17) is 23.2 Å². The van der Waals surface area contributed by atoms with Crippen LogP contribution in [0, 0.1) is 11.6 Å². The van der Waals surface area contributed by atoms with E-state index in [1.807, 2.05) is 13.0 Å². The van der Waals surface area contributed by atoms with E-state index >= 15 is 0 Å². The first-order chi connectivity index (χ1) is 9.52. The second kappa shape index (κ2) is 6.85. The molecule has 1 aromatic carbocycles. The van der Waals surface area contributed by atoms with Crippen molar-refractivity contribution < 1.29 is 8.78 Å². The van der Waals surface area contributed by atoms with Crippen LogP contribution >= 0.6 is 34.5 Å². The average molecular weight is 336 g/mol. The number of hydrogen-bond acceptors (Lipinski definition) is 2. The second-order valence-electron chi connectivity index (χ2n) is 4.32. The molecule has 1 unspecified atom stereocenters. The molecule has 0 amide bonds. The third-order valence-electron chi connectivity index (χ3n) is 2.83. The van der Waals surface area contributed by atoms with Crippen molar-refractivity contribution in [3.05, 3.63) is 55.7 Å². The van der Waals surface area contributed by atoms with E-state index in [9.17, 15) is 8.78 Å². The van der Waals surface area contributed by atoms with Gasteiger partial charge in [0.25, 0.3) is 0 Å². The van der Waals surface area contributed by atoms with Crippen molar-refractivity contribution in [1.29, 1.82) is 0 Å². The Kier molecular flexibility index (Phi) is 5.38. The van der Waals surface area contributed by atoms with Crippen LogP contribution in [0.5, 0.6) is 0 Å². The van der Waals surface area contributed by atoms with E-state index < -0.39 is 11.6 Å². The average Bonchev–Trinajstić information content (AvgIpc) is 2.82. The minimum absolute atomic E-state index is 0.196. The molecule has 0 radical (unpaired) electrons. The Labute approximate surface area is 130 Å². The molecule has 1 N–H and O–H groups in total. The fourth-order valence-electron chi connectivity index (χ4n) is 1.90. The molecule has 108 valence electrons. The van der Waals surface area contributed by atoms with Crippen LogP contribution < -0.4 is 5.32 Å². The van der Waals surface area contributed by atoms with Crippen LogP contribution in [0.25, 0.3) is 0 Å². The van der Waals surface area contributed by atoms with Gasteiger partial charge in [-0.2, -0.15) is 0 Å². The molecule has 0 aliphatic rings. The van der Waals surface area contributed by atoms with Gasteiger partial charge in [0.2, 0.25) is 0 Å². The predicted molar refractivity (Wildman–Crippen MR) is 80.8 cm³/mol. The van der Waals surface area contributed by atoms with Gasteiger partial charge in [-0.25, -0.2) is 8.78 Å². The van der Waals surface area contributed by atoms with Crippen molar-refractivity contribution in [3.8, 4) is 0 Å². The first kappa shape index (κ1) is 15.7. The standard InChI is InChI=1S/C14H13Cl2F2NS/c1-2-5-19-14(12-3-4-13(16)20-12)8-6-10(17)11(18)7-9(8)15/h3-4,6-7,14,19H,2,5H2,1H3. The lowest BCUT2D eigenvalue weighted by molar-refractivity contribution is 0.503. The summed E-state index contributed by atoms with van der Waals surface area (Å²) in [5.41, 5.74) is 0.512. The van der Waals surface area contributed by atoms with Gasteiger partial charge in [0.15, 0.2) is 11.6 Å². The molecular weight excluding hydrogens is 323 g/mol. The molecular formula is C14H13Cl2F2NS. The van der Waals surface area contributed by atoms with Gasteiger partial charge in [-0.3, -0.25) is 0 Å². The van der Waals surface area contributed by atoms with Crippen LogP contribution in [0.1, 0.15) is 29.8 Å². The number of rotatable bonds is 5. The molecule has 2 aromatic rings. The van der Waals surface area contributed by atoms with Gasteiger partial charge in [0.1, 0.15) is 0 Å². The first-order valence-electron chi connectivity index (χ1n) is 6.16. The lowest BCUT2D eigenvalue weighted by Gasteiger charge is -2.19. The molecule has 1 aromatic heterocycles. The molecule has 0 saturated heterocycles. The van der Waals surface area contributed by atoms with Crippen molar-refractivity contribution in [2.45, 2.75) is 19.4 Å². The van der Waals surface area contributed by atoms with Gasteiger partial charge >= 0.3 is 0 Å². The van der Waals surface area contributed by atoms with Crippen LogP contribution in [-0.4, -0.2) is 6.54 Å². The molecule has 1 heterocycles. The van der Waals surface area contributed by atoms with Crippen LogP contribution in [0.4, 0.5) is 8.78 Å². The van der Waals surface area contributed by atoms with E-state index in [1.165, 1.54) is 11.3 Å². The maximum Gasteiger partial charge on any atom is 0.160 e. The zero-order chi connectivity index (χ0) is 14.7. The summed E-state index contributed by atoms with van der Waals surface area (Å²) in [6.07, 6.45) is 0.914. The molecule has 1 atom stereocenters. The SMILES string of the molecule is CCCNC(c1ccc(Cl)s1)c1cc(F)c(F)cc1Cl. The van der Waals surface area contributed by atoms with Gasteiger partial charge in [0.05, 0.1) is 10.4 Å². The Morgan fingerprint density at radius 3 is 2.50 bits per heavy atom. The molecule has 1 nitrogen and oxygen atoms in total. The highest BCUT2D eigenvalue weighted by Crippen LogP contribution is 2.35. The summed E-state index contributed by atoms with van der Waals surface area (Å²) in [4.78, 5) is 0.913. The van der Waals surface area contributed by atoms with Gasteiger partial charge in [-0.15, -0.1) is 11.3 Å². The number of thiophene rings is 1. The third kappa shape index (κ3) is 3.50. The Hall–Kier alpha value is -0.680. The minimum atomic E-state index is -0.947. The molecule has 0 spiro atoms. The number of nitrogens with one attached hydrogen (secondary N) is 1. The number of halogens is 4. The van der Waals surface area contributed by atoms with Gasteiger partial charge in [0, 0.05) is 9.90 Å². The Morgan fingerprint density at radius 2 is 1.90 bits per heavy atom. The predicted octanol–water partition coefficient (Wildman–Crippen LogP) is 5.42. The lowest BCUT2D eigenvalue weighted by atomic mass is 10.0. The highest BCUT2D eigenvalue weighted by atomic mass is 35.5. The molecule has 6 heteroatoms. The highest BCUT2D eigenvalue weighted by molar-refractivity contribution is 7.16. The van der Waals surface area contributed by atoms with E-state index in [-0.39, 0.29) is 11.1 Å². The zero-order valence-electron chi connectivity index (χ0n) is 10.7. The maximum absolute atomic E-state index is 13.5. The van der Waals surface area contributed by atoms with E-state index in [0.29, 0.717) is 9.90 Å². The van der Waals surface area contributed by atoms with E-state index in [1.54, 1.807) is 6.07 Å². The Bertz CT molecular complexity index is 601. The van der Waals surface area contributed by atoms with Crippen LogP contribution in [-0.2, 0) is 0 Å². The zero-order valence-corrected chi connectivity index (χ0v) is 13.0.